The number of aromatic nitrogens is 2. The molecule has 2 unspecified atom stereocenters. The van der Waals surface area contributed by atoms with Crippen LogP contribution in [0.25, 0.3) is 11.5 Å². The van der Waals surface area contributed by atoms with Gasteiger partial charge in [-0.05, 0) is 31.5 Å². The number of hydrogen-bond acceptors (Lipinski definition) is 6. The van der Waals surface area contributed by atoms with Crippen LogP contribution in [-0.4, -0.2) is 40.2 Å². The van der Waals surface area contributed by atoms with E-state index in [1.165, 1.54) is 23.4 Å². The fourth-order valence-corrected chi connectivity index (χ4v) is 4.40. The fourth-order valence-electron chi connectivity index (χ4n) is 2.48. The highest BCUT2D eigenvalue weighted by Gasteiger charge is 2.39. The Morgan fingerprint density at radius 1 is 1.29 bits per heavy atom. The SMILES string of the molecule is CC(O)C(C)N1Cc2ccc(-c3nnc(C(F)F)o3)cc2S1(=O)=O. The van der Waals surface area contributed by atoms with Crippen LogP contribution in [0, 0.1) is 0 Å². The molecule has 1 N–H and O–H groups in total. The van der Waals surface area contributed by atoms with Gasteiger partial charge in [0.15, 0.2) is 0 Å². The highest BCUT2D eigenvalue weighted by Crippen LogP contribution is 2.35. The Kier molecular flexibility index (Phi) is 4.14. The molecule has 0 radical (unpaired) electrons. The Morgan fingerprint density at radius 2 is 2.00 bits per heavy atom. The molecule has 0 fully saturated rings. The highest BCUT2D eigenvalue weighted by molar-refractivity contribution is 7.89. The quantitative estimate of drug-likeness (QED) is 0.896. The second kappa shape index (κ2) is 5.87. The van der Waals surface area contributed by atoms with Crippen molar-refractivity contribution in [3.8, 4) is 11.5 Å². The van der Waals surface area contributed by atoms with E-state index >= 15 is 0 Å². The summed E-state index contributed by atoms with van der Waals surface area (Å²) in [5.74, 6) is -0.997. The predicted octanol–water partition coefficient (Wildman–Crippen LogP) is 1.95. The standard InChI is InChI=1S/C14H15F2N3O4S/c1-7(8(2)20)19-6-10-4-3-9(5-11(10)24(19,21)22)13-17-18-14(23-13)12(15)16/h3-5,7-8,12,20H,6H2,1-2H3. The number of alkyl halides is 2. The zero-order valence-corrected chi connectivity index (χ0v) is 13.7. The molecule has 1 aliphatic rings. The number of hydrogen-bond donors (Lipinski definition) is 1. The zero-order chi connectivity index (χ0) is 17.6. The predicted molar refractivity (Wildman–Crippen MR) is 78.6 cm³/mol. The maximum absolute atomic E-state index is 12.7. The molecule has 24 heavy (non-hydrogen) atoms. The summed E-state index contributed by atoms with van der Waals surface area (Å²) in [6.07, 6.45) is -3.73. The number of aliphatic hydroxyl groups excluding tert-OH is 1. The Bertz CT molecular complexity index is 867. The van der Waals surface area contributed by atoms with Gasteiger partial charge < -0.3 is 9.52 Å². The first kappa shape index (κ1) is 16.9. The lowest BCUT2D eigenvalue weighted by Gasteiger charge is -2.24. The van der Waals surface area contributed by atoms with E-state index in [0.29, 0.717) is 5.56 Å². The van der Waals surface area contributed by atoms with Crippen LogP contribution < -0.4 is 0 Å². The van der Waals surface area contributed by atoms with E-state index in [4.69, 9.17) is 4.42 Å². The Labute approximate surface area is 137 Å². The van der Waals surface area contributed by atoms with Crippen molar-refractivity contribution in [2.75, 3.05) is 0 Å². The van der Waals surface area contributed by atoms with Crippen molar-refractivity contribution >= 4 is 10.0 Å². The third kappa shape index (κ3) is 2.70. The molecule has 0 saturated carbocycles. The lowest BCUT2D eigenvalue weighted by Crippen LogP contribution is -2.40. The van der Waals surface area contributed by atoms with Gasteiger partial charge in [0.1, 0.15) is 0 Å². The summed E-state index contributed by atoms with van der Waals surface area (Å²) in [6, 6.07) is 3.83. The maximum Gasteiger partial charge on any atom is 0.314 e. The number of rotatable bonds is 4. The van der Waals surface area contributed by atoms with E-state index in [1.807, 2.05) is 0 Å². The molecule has 0 spiro atoms. The van der Waals surface area contributed by atoms with Gasteiger partial charge >= 0.3 is 6.43 Å². The van der Waals surface area contributed by atoms with Gasteiger partial charge in [-0.1, -0.05) is 6.07 Å². The van der Waals surface area contributed by atoms with E-state index in [9.17, 15) is 22.3 Å². The molecule has 2 aromatic rings. The first-order valence-corrected chi connectivity index (χ1v) is 8.60. The number of fused-ring (bicyclic) bond motifs is 1. The molecule has 2 heterocycles. The van der Waals surface area contributed by atoms with Gasteiger partial charge in [-0.2, -0.15) is 13.1 Å². The molecular formula is C14H15F2N3O4S. The monoisotopic (exact) mass is 359 g/mol. The molecule has 0 saturated heterocycles. The zero-order valence-electron chi connectivity index (χ0n) is 12.8. The van der Waals surface area contributed by atoms with Gasteiger partial charge in [0.05, 0.1) is 11.0 Å². The average molecular weight is 359 g/mol. The molecule has 0 aliphatic carbocycles. The lowest BCUT2D eigenvalue weighted by molar-refractivity contribution is 0.114. The summed E-state index contributed by atoms with van der Waals surface area (Å²) in [6.45, 7) is 3.26. The van der Waals surface area contributed by atoms with Crippen LogP contribution in [0.3, 0.4) is 0 Å². The van der Waals surface area contributed by atoms with Crippen molar-refractivity contribution in [2.45, 2.75) is 43.9 Å². The minimum absolute atomic E-state index is 0.0456. The van der Waals surface area contributed by atoms with E-state index in [-0.39, 0.29) is 22.9 Å². The van der Waals surface area contributed by atoms with E-state index in [2.05, 4.69) is 10.2 Å². The molecule has 10 heteroatoms. The fraction of sp³-hybridized carbons (Fsp3) is 0.429. The van der Waals surface area contributed by atoms with Crippen LogP contribution in [0.1, 0.15) is 31.7 Å². The van der Waals surface area contributed by atoms with Gasteiger partial charge in [-0.3, -0.25) is 0 Å². The van der Waals surface area contributed by atoms with Gasteiger partial charge in [-0.25, -0.2) is 8.42 Å². The smallest absolute Gasteiger partial charge is 0.314 e. The molecule has 1 aromatic heterocycles. The minimum atomic E-state index is -3.80. The normalized spacial score (nSPS) is 19.4. The first-order chi connectivity index (χ1) is 11.2. The number of aliphatic hydroxyl groups is 1. The van der Waals surface area contributed by atoms with Crippen LogP contribution in [0.4, 0.5) is 8.78 Å². The third-order valence-electron chi connectivity index (χ3n) is 4.01. The molecule has 130 valence electrons. The van der Waals surface area contributed by atoms with E-state index in [0.717, 1.165) is 0 Å². The van der Waals surface area contributed by atoms with Crippen molar-refractivity contribution in [3.63, 3.8) is 0 Å². The average Bonchev–Trinajstić information content (AvgIpc) is 3.10. The summed E-state index contributed by atoms with van der Waals surface area (Å²) in [5.41, 5.74) is 0.795. The Balaban J connectivity index is 2.00. The van der Waals surface area contributed by atoms with Crippen LogP contribution >= 0.6 is 0 Å². The summed E-state index contributed by atoms with van der Waals surface area (Å²) < 4.78 is 56.4. The van der Waals surface area contributed by atoms with Crippen molar-refractivity contribution in [1.82, 2.24) is 14.5 Å². The Hall–Kier alpha value is -1.91. The lowest BCUT2D eigenvalue weighted by atomic mass is 10.1. The highest BCUT2D eigenvalue weighted by atomic mass is 32.2. The molecular weight excluding hydrogens is 344 g/mol. The van der Waals surface area contributed by atoms with Crippen LogP contribution in [0.2, 0.25) is 0 Å². The molecule has 0 amide bonds. The van der Waals surface area contributed by atoms with Gasteiger partial charge in [-0.15, -0.1) is 10.2 Å². The summed E-state index contributed by atoms with van der Waals surface area (Å²) in [7, 11) is -3.80. The number of benzene rings is 1. The van der Waals surface area contributed by atoms with Gasteiger partial charge in [0.25, 0.3) is 5.89 Å². The van der Waals surface area contributed by atoms with Gasteiger partial charge in [0, 0.05) is 18.2 Å². The largest absolute Gasteiger partial charge is 0.415 e. The molecule has 2 atom stereocenters. The van der Waals surface area contributed by atoms with Crippen LogP contribution in [0.15, 0.2) is 27.5 Å². The molecule has 0 bridgehead atoms. The summed E-state index contributed by atoms with van der Waals surface area (Å²) >= 11 is 0. The van der Waals surface area contributed by atoms with Crippen LogP contribution in [-0.2, 0) is 16.6 Å². The Morgan fingerprint density at radius 3 is 2.58 bits per heavy atom. The minimum Gasteiger partial charge on any atom is -0.415 e. The summed E-state index contributed by atoms with van der Waals surface area (Å²) in [4.78, 5) is 0.0456. The molecule has 7 nitrogen and oxygen atoms in total. The third-order valence-corrected chi connectivity index (χ3v) is 6.02. The molecule has 3 rings (SSSR count). The maximum atomic E-state index is 12.7. The second-order valence-electron chi connectivity index (χ2n) is 5.60. The first-order valence-electron chi connectivity index (χ1n) is 7.16. The van der Waals surface area contributed by atoms with Crippen molar-refractivity contribution in [2.24, 2.45) is 0 Å². The number of sulfonamides is 1. The second-order valence-corrected chi connectivity index (χ2v) is 7.46. The molecule has 1 aliphatic heterocycles. The summed E-state index contributed by atoms with van der Waals surface area (Å²) in [5, 5.41) is 16.4. The van der Waals surface area contributed by atoms with E-state index in [1.54, 1.807) is 13.0 Å². The van der Waals surface area contributed by atoms with Crippen molar-refractivity contribution in [3.05, 3.63) is 29.7 Å². The van der Waals surface area contributed by atoms with Crippen LogP contribution in [0.5, 0.6) is 0 Å². The van der Waals surface area contributed by atoms with Gasteiger partial charge in [0.2, 0.25) is 15.9 Å². The number of nitrogens with zero attached hydrogens (tertiary/aromatic N) is 3. The van der Waals surface area contributed by atoms with Crippen molar-refractivity contribution < 1.29 is 26.7 Å². The van der Waals surface area contributed by atoms with Crippen molar-refractivity contribution in [1.29, 1.82) is 0 Å². The van der Waals surface area contributed by atoms with E-state index < -0.39 is 34.5 Å². The molecule has 1 aromatic carbocycles. The number of halogens is 2. The topological polar surface area (TPSA) is 96.5 Å².